The predicted octanol–water partition coefficient (Wildman–Crippen LogP) is 1.39. The van der Waals surface area contributed by atoms with Crippen molar-refractivity contribution in [2.45, 2.75) is 32.2 Å². The minimum absolute atomic E-state index is 0.241. The van der Waals surface area contributed by atoms with Crippen LogP contribution in [0, 0.1) is 5.92 Å². The molecule has 0 radical (unpaired) electrons. The van der Waals surface area contributed by atoms with Crippen LogP contribution in [0.15, 0.2) is 11.0 Å². The maximum atomic E-state index is 11.9. The van der Waals surface area contributed by atoms with Crippen molar-refractivity contribution in [2.24, 2.45) is 18.7 Å². The Kier molecular flexibility index (Phi) is 4.47. The molecule has 0 spiro atoms. The number of anilines is 1. The van der Waals surface area contributed by atoms with Gasteiger partial charge < -0.3 is 10.6 Å². The number of nitrogens with two attached hydrogens (primary N) is 1. The molecule has 1 aromatic heterocycles. The molecular formula is C13H21ClN4O. The smallest absolute Gasteiger partial charge is 0.287 e. The summed E-state index contributed by atoms with van der Waals surface area (Å²) in [5.74, 6) is 0.711. The van der Waals surface area contributed by atoms with Gasteiger partial charge in [0, 0.05) is 26.2 Å². The Morgan fingerprint density at radius 1 is 1.58 bits per heavy atom. The van der Waals surface area contributed by atoms with E-state index in [1.54, 1.807) is 13.2 Å². The van der Waals surface area contributed by atoms with E-state index in [-0.39, 0.29) is 16.6 Å². The van der Waals surface area contributed by atoms with Gasteiger partial charge in [-0.05, 0) is 18.8 Å². The molecule has 0 aliphatic carbocycles. The van der Waals surface area contributed by atoms with E-state index in [2.05, 4.69) is 16.9 Å². The number of hydrogen-bond donors (Lipinski definition) is 1. The van der Waals surface area contributed by atoms with E-state index in [9.17, 15) is 4.79 Å². The standard InChI is InChI=1S/C13H21ClN4O/c1-3-9-4-5-18(10(6-9)7-15)11-8-16-17(2)13(19)12(11)14/h8-10H,3-7,15H2,1-2H3. The number of aryl methyl sites for hydroxylation is 1. The fraction of sp³-hybridized carbons (Fsp3) is 0.692. The van der Waals surface area contributed by atoms with Gasteiger partial charge in [-0.25, -0.2) is 4.68 Å². The fourth-order valence-electron chi connectivity index (χ4n) is 2.75. The molecule has 0 saturated carbocycles. The Balaban J connectivity index is 2.31. The van der Waals surface area contributed by atoms with E-state index in [0.717, 1.165) is 25.1 Å². The first-order valence-corrected chi connectivity index (χ1v) is 7.14. The highest BCUT2D eigenvalue weighted by Crippen LogP contribution is 2.31. The van der Waals surface area contributed by atoms with Crippen molar-refractivity contribution >= 4 is 17.3 Å². The highest BCUT2D eigenvalue weighted by Gasteiger charge is 2.28. The van der Waals surface area contributed by atoms with Crippen molar-refractivity contribution in [3.8, 4) is 0 Å². The lowest BCUT2D eigenvalue weighted by atomic mass is 9.88. The van der Waals surface area contributed by atoms with E-state index >= 15 is 0 Å². The molecule has 0 amide bonds. The lowest BCUT2D eigenvalue weighted by Crippen LogP contribution is -2.47. The second kappa shape index (κ2) is 5.92. The first-order valence-electron chi connectivity index (χ1n) is 6.77. The van der Waals surface area contributed by atoms with Crippen LogP contribution in [-0.2, 0) is 7.05 Å². The van der Waals surface area contributed by atoms with Crippen molar-refractivity contribution in [1.82, 2.24) is 9.78 Å². The van der Waals surface area contributed by atoms with Crippen LogP contribution in [0.3, 0.4) is 0 Å². The summed E-state index contributed by atoms with van der Waals surface area (Å²) >= 11 is 6.17. The molecule has 1 aliphatic heterocycles. The molecule has 0 aromatic carbocycles. The molecule has 2 atom stereocenters. The zero-order chi connectivity index (χ0) is 14.0. The summed E-state index contributed by atoms with van der Waals surface area (Å²) in [4.78, 5) is 14.0. The molecule has 19 heavy (non-hydrogen) atoms. The van der Waals surface area contributed by atoms with Gasteiger partial charge in [0.15, 0.2) is 0 Å². The normalized spacial score (nSPS) is 23.7. The molecular weight excluding hydrogens is 264 g/mol. The van der Waals surface area contributed by atoms with Crippen LogP contribution in [0.4, 0.5) is 5.69 Å². The minimum atomic E-state index is -0.257. The molecule has 0 bridgehead atoms. The molecule has 106 valence electrons. The van der Waals surface area contributed by atoms with Crippen LogP contribution in [0.5, 0.6) is 0 Å². The van der Waals surface area contributed by atoms with E-state index in [4.69, 9.17) is 17.3 Å². The highest BCUT2D eigenvalue weighted by atomic mass is 35.5. The summed E-state index contributed by atoms with van der Waals surface area (Å²) in [6, 6.07) is 0.241. The molecule has 1 saturated heterocycles. The van der Waals surface area contributed by atoms with Crippen LogP contribution < -0.4 is 16.2 Å². The quantitative estimate of drug-likeness (QED) is 0.911. The summed E-state index contributed by atoms with van der Waals surface area (Å²) in [6.07, 6.45) is 5.00. The zero-order valence-corrected chi connectivity index (χ0v) is 12.2. The molecule has 1 aliphatic rings. The first kappa shape index (κ1) is 14.3. The Hall–Kier alpha value is -1.07. The molecule has 2 N–H and O–H groups in total. The van der Waals surface area contributed by atoms with Gasteiger partial charge in [-0.15, -0.1) is 0 Å². The largest absolute Gasteiger partial charge is 0.365 e. The monoisotopic (exact) mass is 284 g/mol. The summed E-state index contributed by atoms with van der Waals surface area (Å²) in [5, 5.41) is 4.30. The molecule has 1 fully saturated rings. The predicted molar refractivity (Wildman–Crippen MR) is 77.7 cm³/mol. The van der Waals surface area contributed by atoms with Crippen molar-refractivity contribution in [3.05, 3.63) is 21.6 Å². The number of aromatic nitrogens is 2. The van der Waals surface area contributed by atoms with Gasteiger partial charge in [-0.2, -0.15) is 5.10 Å². The third-order valence-electron chi connectivity index (χ3n) is 4.04. The molecule has 2 rings (SSSR count). The maximum Gasteiger partial charge on any atom is 0.287 e. The first-order chi connectivity index (χ1) is 9.08. The van der Waals surface area contributed by atoms with Gasteiger partial charge in [0.2, 0.25) is 0 Å². The van der Waals surface area contributed by atoms with Gasteiger partial charge in [-0.1, -0.05) is 24.9 Å². The zero-order valence-electron chi connectivity index (χ0n) is 11.5. The van der Waals surface area contributed by atoms with Crippen LogP contribution in [-0.4, -0.2) is 28.9 Å². The molecule has 2 unspecified atom stereocenters. The Morgan fingerprint density at radius 3 is 2.95 bits per heavy atom. The number of nitrogens with zero attached hydrogens (tertiary/aromatic N) is 3. The Labute approximate surface area is 118 Å². The Bertz CT molecular complexity index is 502. The van der Waals surface area contributed by atoms with Gasteiger partial charge in [0.05, 0.1) is 11.9 Å². The van der Waals surface area contributed by atoms with Gasteiger partial charge >= 0.3 is 0 Å². The van der Waals surface area contributed by atoms with E-state index < -0.39 is 0 Å². The van der Waals surface area contributed by atoms with E-state index in [0.29, 0.717) is 12.5 Å². The Morgan fingerprint density at radius 2 is 2.32 bits per heavy atom. The molecule has 1 aromatic rings. The third-order valence-corrected chi connectivity index (χ3v) is 4.40. The van der Waals surface area contributed by atoms with Gasteiger partial charge in [-0.3, -0.25) is 4.79 Å². The van der Waals surface area contributed by atoms with Crippen molar-refractivity contribution in [2.75, 3.05) is 18.0 Å². The minimum Gasteiger partial charge on any atom is -0.365 e. The number of halogens is 1. The number of hydrogen-bond acceptors (Lipinski definition) is 4. The maximum absolute atomic E-state index is 11.9. The van der Waals surface area contributed by atoms with Crippen molar-refractivity contribution in [3.63, 3.8) is 0 Å². The topological polar surface area (TPSA) is 64.2 Å². The lowest BCUT2D eigenvalue weighted by molar-refractivity contribution is 0.335. The highest BCUT2D eigenvalue weighted by molar-refractivity contribution is 6.33. The van der Waals surface area contributed by atoms with Crippen LogP contribution >= 0.6 is 11.6 Å². The third kappa shape index (κ3) is 2.77. The average Bonchev–Trinajstić information content (AvgIpc) is 2.44. The van der Waals surface area contributed by atoms with Crippen molar-refractivity contribution in [1.29, 1.82) is 0 Å². The molecule has 6 heteroatoms. The average molecular weight is 285 g/mol. The number of piperidine rings is 1. The van der Waals surface area contributed by atoms with Gasteiger partial charge in [0.1, 0.15) is 5.02 Å². The van der Waals surface area contributed by atoms with Crippen LogP contribution in [0.2, 0.25) is 5.02 Å². The number of rotatable bonds is 3. The lowest BCUT2D eigenvalue weighted by Gasteiger charge is -2.40. The summed E-state index contributed by atoms with van der Waals surface area (Å²) in [5.41, 5.74) is 6.34. The summed E-state index contributed by atoms with van der Waals surface area (Å²) in [7, 11) is 1.60. The van der Waals surface area contributed by atoms with E-state index in [1.165, 1.54) is 11.1 Å². The molecule has 2 heterocycles. The second-order valence-corrected chi connectivity index (χ2v) is 5.53. The van der Waals surface area contributed by atoms with Crippen LogP contribution in [0.1, 0.15) is 26.2 Å². The SMILES string of the molecule is CCC1CCN(c2cnn(C)c(=O)c2Cl)C(CN)C1. The van der Waals surface area contributed by atoms with E-state index in [1.807, 2.05) is 0 Å². The second-order valence-electron chi connectivity index (χ2n) is 5.15. The van der Waals surface area contributed by atoms with Crippen molar-refractivity contribution < 1.29 is 0 Å². The summed E-state index contributed by atoms with van der Waals surface area (Å²) in [6.45, 7) is 3.66. The molecule has 5 nitrogen and oxygen atoms in total. The fourth-order valence-corrected chi connectivity index (χ4v) is 3.03. The summed E-state index contributed by atoms with van der Waals surface area (Å²) < 4.78 is 1.25. The van der Waals surface area contributed by atoms with Crippen LogP contribution in [0.25, 0.3) is 0 Å². The van der Waals surface area contributed by atoms with Gasteiger partial charge in [0.25, 0.3) is 5.56 Å².